The van der Waals surface area contributed by atoms with Crippen LogP contribution in [0.15, 0.2) is 0 Å². The van der Waals surface area contributed by atoms with Crippen LogP contribution in [-0.2, 0) is 4.79 Å². The average Bonchev–Trinajstić information content (AvgIpc) is 2.33. The highest BCUT2D eigenvalue weighted by Gasteiger charge is 2.28. The summed E-state index contributed by atoms with van der Waals surface area (Å²) in [6, 6.07) is 0. The van der Waals surface area contributed by atoms with Crippen LogP contribution in [0.1, 0.15) is 79.1 Å². The normalized spacial score (nSPS) is 24.2. The predicted molar refractivity (Wildman–Crippen MR) is 82.1 cm³/mol. The van der Waals surface area contributed by atoms with E-state index in [9.17, 15) is 4.79 Å². The maximum absolute atomic E-state index is 12.0. The SMILES string of the molecule is CCCCCNC(=O)C1CCC(CC(C)(C)C)CC1. The first-order chi connectivity index (χ1) is 8.92. The topological polar surface area (TPSA) is 29.1 Å². The van der Waals surface area contributed by atoms with Crippen molar-refractivity contribution in [1.82, 2.24) is 5.32 Å². The molecule has 1 aliphatic carbocycles. The molecule has 0 bridgehead atoms. The first-order valence-corrected chi connectivity index (χ1v) is 8.20. The second-order valence-electron chi connectivity index (χ2n) is 7.48. The average molecular weight is 267 g/mol. The number of hydrogen-bond acceptors (Lipinski definition) is 1. The summed E-state index contributed by atoms with van der Waals surface area (Å²) in [7, 11) is 0. The molecule has 0 heterocycles. The van der Waals surface area contributed by atoms with Crippen molar-refractivity contribution >= 4 is 5.91 Å². The number of carbonyl (C=O) groups is 1. The molecule has 112 valence electrons. The predicted octanol–water partition coefficient (Wildman–Crippen LogP) is 4.54. The Morgan fingerprint density at radius 1 is 1.11 bits per heavy atom. The number of hydrogen-bond donors (Lipinski definition) is 1. The van der Waals surface area contributed by atoms with Gasteiger partial charge in [-0.15, -0.1) is 0 Å². The Morgan fingerprint density at radius 2 is 1.74 bits per heavy atom. The van der Waals surface area contributed by atoms with Gasteiger partial charge in [0.05, 0.1) is 0 Å². The molecule has 0 aromatic carbocycles. The van der Waals surface area contributed by atoms with Crippen LogP contribution >= 0.6 is 0 Å². The van der Waals surface area contributed by atoms with Crippen LogP contribution in [0.4, 0.5) is 0 Å². The molecule has 0 aromatic rings. The van der Waals surface area contributed by atoms with E-state index in [1.54, 1.807) is 0 Å². The Morgan fingerprint density at radius 3 is 2.26 bits per heavy atom. The van der Waals surface area contributed by atoms with Crippen molar-refractivity contribution in [2.45, 2.75) is 79.1 Å². The second kappa shape index (κ2) is 7.91. The summed E-state index contributed by atoms with van der Waals surface area (Å²) in [5.74, 6) is 1.44. The number of carbonyl (C=O) groups excluding carboxylic acids is 1. The standard InChI is InChI=1S/C17H33NO/c1-5-6-7-12-18-16(19)15-10-8-14(9-11-15)13-17(2,3)4/h14-15H,5-13H2,1-4H3,(H,18,19). The minimum absolute atomic E-state index is 0.290. The zero-order chi connectivity index (χ0) is 14.3. The Balaban J connectivity index is 2.20. The van der Waals surface area contributed by atoms with Gasteiger partial charge in [-0.05, 0) is 49.9 Å². The molecule has 0 radical (unpaired) electrons. The van der Waals surface area contributed by atoms with Crippen LogP contribution in [0, 0.1) is 17.3 Å². The van der Waals surface area contributed by atoms with E-state index in [4.69, 9.17) is 0 Å². The summed E-state index contributed by atoms with van der Waals surface area (Å²) in [5.41, 5.74) is 0.430. The van der Waals surface area contributed by atoms with Gasteiger partial charge in [-0.2, -0.15) is 0 Å². The zero-order valence-electron chi connectivity index (χ0n) is 13.4. The maximum atomic E-state index is 12.0. The summed E-state index contributed by atoms with van der Waals surface area (Å²) in [6.45, 7) is 10.0. The molecule has 2 nitrogen and oxygen atoms in total. The molecule has 1 aliphatic rings. The Hall–Kier alpha value is -0.530. The van der Waals surface area contributed by atoms with Crippen LogP contribution in [0.2, 0.25) is 0 Å². The third kappa shape index (κ3) is 6.98. The second-order valence-corrected chi connectivity index (χ2v) is 7.48. The van der Waals surface area contributed by atoms with Crippen LogP contribution in [0.25, 0.3) is 0 Å². The molecule has 0 saturated heterocycles. The van der Waals surface area contributed by atoms with Crippen LogP contribution in [0.3, 0.4) is 0 Å². The Labute approximate surface area is 119 Å². The molecule has 1 saturated carbocycles. The molecule has 0 spiro atoms. The summed E-state index contributed by atoms with van der Waals surface area (Å²) in [6.07, 6.45) is 9.54. The van der Waals surface area contributed by atoms with Gasteiger partial charge in [0.2, 0.25) is 5.91 Å². The third-order valence-electron chi connectivity index (χ3n) is 4.20. The quantitative estimate of drug-likeness (QED) is 0.704. The fourth-order valence-corrected chi connectivity index (χ4v) is 3.23. The van der Waals surface area contributed by atoms with Crippen molar-refractivity contribution in [3.63, 3.8) is 0 Å². The van der Waals surface area contributed by atoms with E-state index >= 15 is 0 Å². The number of amides is 1. The molecule has 0 unspecified atom stereocenters. The number of unbranched alkanes of at least 4 members (excludes halogenated alkanes) is 2. The zero-order valence-corrected chi connectivity index (χ0v) is 13.4. The Bertz CT molecular complexity index is 259. The summed E-state index contributed by atoms with van der Waals surface area (Å²) >= 11 is 0. The highest BCUT2D eigenvalue weighted by atomic mass is 16.1. The van der Waals surface area contributed by atoms with Crippen molar-refractivity contribution in [3.05, 3.63) is 0 Å². The molecule has 1 rings (SSSR count). The van der Waals surface area contributed by atoms with Gasteiger partial charge in [0, 0.05) is 12.5 Å². The fourth-order valence-electron chi connectivity index (χ4n) is 3.23. The minimum atomic E-state index is 0.290. The third-order valence-corrected chi connectivity index (χ3v) is 4.20. The fraction of sp³-hybridized carbons (Fsp3) is 0.941. The molecule has 1 N–H and O–H groups in total. The van der Waals surface area contributed by atoms with E-state index in [0.717, 1.165) is 31.7 Å². The lowest BCUT2D eigenvalue weighted by Crippen LogP contribution is -2.34. The summed E-state index contributed by atoms with van der Waals surface area (Å²) < 4.78 is 0. The van der Waals surface area contributed by atoms with Crippen LogP contribution < -0.4 is 5.32 Å². The van der Waals surface area contributed by atoms with Crippen molar-refractivity contribution in [2.24, 2.45) is 17.3 Å². The van der Waals surface area contributed by atoms with Gasteiger partial charge in [0.15, 0.2) is 0 Å². The van der Waals surface area contributed by atoms with Crippen molar-refractivity contribution in [2.75, 3.05) is 6.54 Å². The van der Waals surface area contributed by atoms with Crippen molar-refractivity contribution in [3.8, 4) is 0 Å². The molecule has 0 aromatic heterocycles. The highest BCUT2D eigenvalue weighted by molar-refractivity contribution is 5.78. The first kappa shape index (κ1) is 16.5. The largest absolute Gasteiger partial charge is 0.356 e. The number of nitrogens with one attached hydrogen (secondary N) is 1. The van der Waals surface area contributed by atoms with Gasteiger partial charge < -0.3 is 5.32 Å². The van der Waals surface area contributed by atoms with Gasteiger partial charge in [-0.25, -0.2) is 0 Å². The van der Waals surface area contributed by atoms with Crippen molar-refractivity contribution in [1.29, 1.82) is 0 Å². The van der Waals surface area contributed by atoms with Crippen molar-refractivity contribution < 1.29 is 4.79 Å². The first-order valence-electron chi connectivity index (χ1n) is 8.20. The molecule has 1 amide bonds. The van der Waals surface area contributed by atoms with E-state index in [2.05, 4.69) is 33.0 Å². The summed E-state index contributed by atoms with van der Waals surface area (Å²) in [5, 5.41) is 3.11. The van der Waals surface area contributed by atoms with Crippen LogP contribution in [0.5, 0.6) is 0 Å². The lowest BCUT2D eigenvalue weighted by atomic mass is 9.74. The number of rotatable bonds is 6. The smallest absolute Gasteiger partial charge is 0.223 e. The molecular formula is C17H33NO. The van der Waals surface area contributed by atoms with Gasteiger partial charge >= 0.3 is 0 Å². The van der Waals surface area contributed by atoms with E-state index in [1.807, 2.05) is 0 Å². The molecule has 2 heteroatoms. The lowest BCUT2D eigenvalue weighted by Gasteiger charge is -2.32. The molecule has 19 heavy (non-hydrogen) atoms. The minimum Gasteiger partial charge on any atom is -0.356 e. The summed E-state index contributed by atoms with van der Waals surface area (Å²) in [4.78, 5) is 12.0. The lowest BCUT2D eigenvalue weighted by molar-refractivity contribution is -0.126. The molecule has 1 fully saturated rings. The van der Waals surface area contributed by atoms with E-state index in [-0.39, 0.29) is 5.92 Å². The van der Waals surface area contributed by atoms with Gasteiger partial charge in [-0.3, -0.25) is 4.79 Å². The highest BCUT2D eigenvalue weighted by Crippen LogP contribution is 2.36. The maximum Gasteiger partial charge on any atom is 0.223 e. The molecular weight excluding hydrogens is 234 g/mol. The van der Waals surface area contributed by atoms with E-state index in [0.29, 0.717) is 11.3 Å². The molecule has 0 aliphatic heterocycles. The van der Waals surface area contributed by atoms with Crippen LogP contribution in [-0.4, -0.2) is 12.5 Å². The Kier molecular flexibility index (Phi) is 6.88. The van der Waals surface area contributed by atoms with E-state index in [1.165, 1.54) is 32.1 Å². The monoisotopic (exact) mass is 267 g/mol. The van der Waals surface area contributed by atoms with Gasteiger partial charge in [-0.1, -0.05) is 40.5 Å². The van der Waals surface area contributed by atoms with Gasteiger partial charge in [0.1, 0.15) is 0 Å². The van der Waals surface area contributed by atoms with E-state index < -0.39 is 0 Å². The molecule has 0 atom stereocenters. The van der Waals surface area contributed by atoms with Gasteiger partial charge in [0.25, 0.3) is 0 Å².